The first-order valence-electron chi connectivity index (χ1n) is 8.45. The smallest absolute Gasteiger partial charge is 0.142 e. The first-order chi connectivity index (χ1) is 12.4. The van der Waals surface area contributed by atoms with E-state index < -0.39 is 0 Å². The normalized spacial score (nSPS) is 11.2. The van der Waals surface area contributed by atoms with Gasteiger partial charge in [0.25, 0.3) is 0 Å². The van der Waals surface area contributed by atoms with Crippen LogP contribution in [-0.4, -0.2) is 0 Å². The highest BCUT2D eigenvalue weighted by molar-refractivity contribution is 6.09. The zero-order chi connectivity index (χ0) is 16.6. The van der Waals surface area contributed by atoms with Crippen molar-refractivity contribution in [2.24, 2.45) is 0 Å². The molecule has 0 aliphatic rings. The van der Waals surface area contributed by atoms with Crippen LogP contribution in [-0.2, 0) is 0 Å². The Bertz CT molecular complexity index is 1170. The molecule has 1 nitrogen and oxygen atoms in total. The molecule has 0 unspecified atom stereocenters. The summed E-state index contributed by atoms with van der Waals surface area (Å²) < 4.78 is 5.93. The second-order valence-electron chi connectivity index (χ2n) is 6.26. The van der Waals surface area contributed by atoms with Gasteiger partial charge in [-0.15, -0.1) is 0 Å². The van der Waals surface area contributed by atoms with Crippen molar-refractivity contribution in [1.29, 1.82) is 0 Å². The molecule has 1 heteroatoms. The molecule has 0 bridgehead atoms. The lowest BCUT2D eigenvalue weighted by molar-refractivity contribution is 0.620. The molecule has 0 atom stereocenters. The number of hydrogen-bond donors (Lipinski definition) is 0. The maximum Gasteiger partial charge on any atom is 0.142 e. The first kappa shape index (κ1) is 14.1. The summed E-state index contributed by atoms with van der Waals surface area (Å²) in [6.07, 6.45) is 1.87. The zero-order valence-corrected chi connectivity index (χ0v) is 13.6. The largest absolute Gasteiger partial charge is 0.463 e. The van der Waals surface area contributed by atoms with E-state index in [0.717, 1.165) is 21.9 Å². The fourth-order valence-electron chi connectivity index (χ4n) is 3.46. The minimum atomic E-state index is 0.959. The van der Waals surface area contributed by atoms with Gasteiger partial charge in [-0.3, -0.25) is 0 Å². The fraction of sp³-hybridized carbons (Fsp3) is 0. The standard InChI is InChI=1S/C24H16O/c1-2-6-17(7-3-1)18-10-12-20(13-11-18)23-16-25-24-21-9-5-4-8-19(21)14-15-22(23)24/h1-16H. The molecule has 118 valence electrons. The van der Waals surface area contributed by atoms with Crippen LogP contribution >= 0.6 is 0 Å². The highest BCUT2D eigenvalue weighted by Crippen LogP contribution is 2.35. The second kappa shape index (κ2) is 5.64. The van der Waals surface area contributed by atoms with Crippen molar-refractivity contribution in [2.75, 3.05) is 0 Å². The third kappa shape index (κ3) is 2.33. The van der Waals surface area contributed by atoms with E-state index in [4.69, 9.17) is 4.42 Å². The van der Waals surface area contributed by atoms with Gasteiger partial charge in [-0.05, 0) is 28.1 Å². The predicted molar refractivity (Wildman–Crippen MR) is 105 cm³/mol. The van der Waals surface area contributed by atoms with Crippen molar-refractivity contribution < 1.29 is 4.42 Å². The van der Waals surface area contributed by atoms with Gasteiger partial charge in [0.05, 0.1) is 6.26 Å². The summed E-state index contributed by atoms with van der Waals surface area (Å²) in [5.41, 5.74) is 5.73. The predicted octanol–water partition coefficient (Wildman–Crippen LogP) is 6.92. The lowest BCUT2D eigenvalue weighted by atomic mass is 9.99. The van der Waals surface area contributed by atoms with Gasteiger partial charge in [0.2, 0.25) is 0 Å². The number of benzene rings is 4. The number of hydrogen-bond acceptors (Lipinski definition) is 1. The van der Waals surface area contributed by atoms with Crippen molar-refractivity contribution in [3.63, 3.8) is 0 Å². The Labute approximate surface area is 146 Å². The molecular weight excluding hydrogens is 304 g/mol. The van der Waals surface area contributed by atoms with Crippen LogP contribution in [0.25, 0.3) is 44.0 Å². The molecule has 0 saturated carbocycles. The SMILES string of the molecule is c1ccc(-c2ccc(-c3coc4c3ccc3ccccc34)cc2)cc1. The van der Waals surface area contributed by atoms with E-state index in [-0.39, 0.29) is 0 Å². The lowest BCUT2D eigenvalue weighted by Gasteiger charge is -2.04. The monoisotopic (exact) mass is 320 g/mol. The molecule has 4 aromatic carbocycles. The van der Waals surface area contributed by atoms with Gasteiger partial charge in [0, 0.05) is 16.3 Å². The summed E-state index contributed by atoms with van der Waals surface area (Å²) in [6, 6.07) is 31.8. The number of fused-ring (bicyclic) bond motifs is 3. The molecule has 0 fully saturated rings. The Balaban J connectivity index is 1.63. The molecule has 1 aromatic heterocycles. The molecule has 0 amide bonds. The summed E-state index contributed by atoms with van der Waals surface area (Å²) in [7, 11) is 0. The maximum atomic E-state index is 5.93. The molecular formula is C24H16O. The summed E-state index contributed by atoms with van der Waals surface area (Å²) in [5, 5.41) is 3.52. The van der Waals surface area contributed by atoms with Crippen LogP contribution in [0.15, 0.2) is 102 Å². The summed E-state index contributed by atoms with van der Waals surface area (Å²) in [4.78, 5) is 0. The third-order valence-corrected chi connectivity index (χ3v) is 4.77. The van der Waals surface area contributed by atoms with Crippen LogP contribution in [0.5, 0.6) is 0 Å². The van der Waals surface area contributed by atoms with E-state index >= 15 is 0 Å². The molecule has 0 aliphatic heterocycles. The van der Waals surface area contributed by atoms with Gasteiger partial charge in [0.15, 0.2) is 0 Å². The van der Waals surface area contributed by atoms with Crippen LogP contribution in [0, 0.1) is 0 Å². The van der Waals surface area contributed by atoms with Crippen molar-refractivity contribution in [2.45, 2.75) is 0 Å². The van der Waals surface area contributed by atoms with Gasteiger partial charge < -0.3 is 4.42 Å². The van der Waals surface area contributed by atoms with E-state index in [1.165, 1.54) is 22.1 Å². The van der Waals surface area contributed by atoms with Gasteiger partial charge in [-0.25, -0.2) is 0 Å². The third-order valence-electron chi connectivity index (χ3n) is 4.77. The molecule has 0 radical (unpaired) electrons. The number of furan rings is 1. The molecule has 5 rings (SSSR count). The van der Waals surface area contributed by atoms with E-state index in [2.05, 4.69) is 84.9 Å². The summed E-state index contributed by atoms with van der Waals surface area (Å²) in [5.74, 6) is 0. The molecule has 5 aromatic rings. The van der Waals surface area contributed by atoms with Crippen LogP contribution in [0.1, 0.15) is 0 Å². The van der Waals surface area contributed by atoms with Gasteiger partial charge >= 0.3 is 0 Å². The van der Waals surface area contributed by atoms with Crippen LogP contribution in [0.2, 0.25) is 0 Å². The van der Waals surface area contributed by atoms with E-state index in [0.29, 0.717) is 0 Å². The van der Waals surface area contributed by atoms with Gasteiger partial charge in [0.1, 0.15) is 5.58 Å². The average Bonchev–Trinajstić information content (AvgIpc) is 3.13. The minimum absolute atomic E-state index is 0.959. The first-order valence-corrected chi connectivity index (χ1v) is 8.45. The van der Waals surface area contributed by atoms with Gasteiger partial charge in [-0.2, -0.15) is 0 Å². The summed E-state index contributed by atoms with van der Waals surface area (Å²) >= 11 is 0. The lowest BCUT2D eigenvalue weighted by Crippen LogP contribution is -1.79. The Kier molecular flexibility index (Phi) is 3.17. The molecule has 25 heavy (non-hydrogen) atoms. The Hall–Kier alpha value is -3.32. The maximum absolute atomic E-state index is 5.93. The molecule has 0 saturated heterocycles. The molecule has 0 spiro atoms. The fourth-order valence-corrected chi connectivity index (χ4v) is 3.46. The highest BCUT2D eigenvalue weighted by atomic mass is 16.3. The quantitative estimate of drug-likeness (QED) is 0.344. The number of rotatable bonds is 2. The molecule has 1 heterocycles. The topological polar surface area (TPSA) is 13.1 Å². The zero-order valence-electron chi connectivity index (χ0n) is 13.6. The van der Waals surface area contributed by atoms with E-state index in [1.807, 2.05) is 12.3 Å². The Morgan fingerprint density at radius 3 is 2.00 bits per heavy atom. The van der Waals surface area contributed by atoms with Crippen molar-refractivity contribution in [1.82, 2.24) is 0 Å². The Morgan fingerprint density at radius 1 is 0.480 bits per heavy atom. The van der Waals surface area contributed by atoms with E-state index in [9.17, 15) is 0 Å². The van der Waals surface area contributed by atoms with Crippen molar-refractivity contribution in [3.05, 3.63) is 97.3 Å². The second-order valence-corrected chi connectivity index (χ2v) is 6.26. The highest BCUT2D eigenvalue weighted by Gasteiger charge is 2.11. The minimum Gasteiger partial charge on any atom is -0.463 e. The molecule has 0 N–H and O–H groups in total. The summed E-state index contributed by atoms with van der Waals surface area (Å²) in [6.45, 7) is 0. The molecule has 0 aliphatic carbocycles. The van der Waals surface area contributed by atoms with Crippen molar-refractivity contribution >= 4 is 21.7 Å². The average molecular weight is 320 g/mol. The van der Waals surface area contributed by atoms with E-state index in [1.54, 1.807) is 0 Å². The Morgan fingerprint density at radius 2 is 1.16 bits per heavy atom. The van der Waals surface area contributed by atoms with Crippen LogP contribution in [0.3, 0.4) is 0 Å². The van der Waals surface area contributed by atoms with Gasteiger partial charge in [-0.1, -0.05) is 84.9 Å². The van der Waals surface area contributed by atoms with Crippen LogP contribution in [0.4, 0.5) is 0 Å². The van der Waals surface area contributed by atoms with Crippen molar-refractivity contribution in [3.8, 4) is 22.3 Å². The van der Waals surface area contributed by atoms with Crippen LogP contribution < -0.4 is 0 Å².